The number of hydrogen-bond acceptors (Lipinski definition) is 4. The van der Waals surface area contributed by atoms with Crippen molar-refractivity contribution in [3.05, 3.63) is 68.2 Å². The average molecular weight is 367 g/mol. The summed E-state index contributed by atoms with van der Waals surface area (Å²) in [4.78, 5) is 22.2. The van der Waals surface area contributed by atoms with Gasteiger partial charge in [-0.05, 0) is 29.8 Å². The molecule has 0 unspecified atom stereocenters. The molecule has 0 saturated carbocycles. The maximum Gasteiger partial charge on any atom is 0.273 e. The quantitative estimate of drug-likeness (QED) is 0.477. The van der Waals surface area contributed by atoms with Crippen LogP contribution < -0.4 is 10.1 Å². The number of nitrogens with zero attached hydrogens (tertiary/aromatic N) is 1. The Hall–Kier alpha value is -2.57. The fourth-order valence-electron chi connectivity index (χ4n) is 1.87. The number of anilines is 1. The lowest BCUT2D eigenvalue weighted by molar-refractivity contribution is -0.384. The monoisotopic (exact) mass is 366 g/mol. The van der Waals surface area contributed by atoms with Gasteiger partial charge in [0.1, 0.15) is 5.75 Å². The molecule has 0 bridgehead atoms. The minimum atomic E-state index is -0.545. The molecule has 2 aromatic rings. The Labute approximate surface area is 147 Å². The van der Waals surface area contributed by atoms with Crippen molar-refractivity contribution in [3.63, 3.8) is 0 Å². The highest BCUT2D eigenvalue weighted by atomic mass is 35.5. The van der Waals surface area contributed by atoms with Gasteiger partial charge in [0.25, 0.3) is 5.69 Å². The molecule has 124 valence electrons. The van der Waals surface area contributed by atoms with Crippen molar-refractivity contribution in [3.8, 4) is 5.75 Å². The first kappa shape index (κ1) is 17.8. The zero-order valence-electron chi connectivity index (χ0n) is 12.5. The summed E-state index contributed by atoms with van der Waals surface area (Å²) in [5, 5.41) is 14.2. The molecule has 0 aromatic heterocycles. The number of rotatable bonds is 5. The molecule has 0 aliphatic rings. The lowest BCUT2D eigenvalue weighted by Crippen LogP contribution is -2.09. The Balaban J connectivity index is 2.14. The molecule has 0 radical (unpaired) electrons. The third-order valence-corrected chi connectivity index (χ3v) is 3.59. The Morgan fingerprint density at radius 3 is 2.62 bits per heavy atom. The molecule has 0 spiro atoms. The molecule has 0 fully saturated rings. The van der Waals surface area contributed by atoms with E-state index in [4.69, 9.17) is 27.9 Å². The van der Waals surface area contributed by atoms with Crippen molar-refractivity contribution < 1.29 is 14.5 Å². The number of carbonyl (C=O) groups is 1. The maximum atomic E-state index is 12.0. The van der Waals surface area contributed by atoms with Crippen LogP contribution in [0.4, 0.5) is 11.4 Å². The number of halogens is 2. The van der Waals surface area contributed by atoms with Crippen LogP contribution in [0.25, 0.3) is 6.08 Å². The summed E-state index contributed by atoms with van der Waals surface area (Å²) < 4.78 is 5.05. The number of benzene rings is 2. The second-order valence-corrected chi connectivity index (χ2v) is 5.47. The number of hydrogen-bond donors (Lipinski definition) is 1. The van der Waals surface area contributed by atoms with Gasteiger partial charge in [0.05, 0.1) is 23.8 Å². The number of nitro benzene ring substituents is 1. The Bertz CT molecular complexity index is 822. The summed E-state index contributed by atoms with van der Waals surface area (Å²) in [5.74, 6) is -0.247. The Morgan fingerprint density at radius 1 is 1.25 bits per heavy atom. The summed E-state index contributed by atoms with van der Waals surface area (Å²) >= 11 is 11.8. The van der Waals surface area contributed by atoms with Gasteiger partial charge in [-0.1, -0.05) is 29.3 Å². The standard InChI is InChI=1S/C16H12Cl2N2O4/c1-24-15-9-12(20(22)23)5-6-14(15)19-16(21)7-3-10-2-4-11(17)8-13(10)18/h2-9H,1H3,(H,19,21). The molecule has 24 heavy (non-hydrogen) atoms. The van der Waals surface area contributed by atoms with Crippen LogP contribution in [-0.4, -0.2) is 17.9 Å². The van der Waals surface area contributed by atoms with Gasteiger partial charge < -0.3 is 10.1 Å². The molecule has 0 atom stereocenters. The van der Waals surface area contributed by atoms with Gasteiger partial charge in [0.2, 0.25) is 5.91 Å². The molecule has 8 heteroatoms. The Morgan fingerprint density at radius 2 is 2.00 bits per heavy atom. The summed E-state index contributed by atoms with van der Waals surface area (Å²) in [6, 6.07) is 8.82. The fourth-order valence-corrected chi connectivity index (χ4v) is 2.34. The first-order valence-corrected chi connectivity index (χ1v) is 7.43. The second-order valence-electron chi connectivity index (χ2n) is 4.63. The molecule has 0 aliphatic carbocycles. The Kier molecular flexibility index (Phi) is 5.78. The number of nitro groups is 1. The van der Waals surface area contributed by atoms with E-state index in [1.807, 2.05) is 0 Å². The highest BCUT2D eigenvalue weighted by Gasteiger charge is 2.12. The molecule has 2 aromatic carbocycles. The van der Waals surface area contributed by atoms with E-state index in [-0.39, 0.29) is 11.4 Å². The molecule has 0 aliphatic heterocycles. The van der Waals surface area contributed by atoms with E-state index < -0.39 is 10.8 Å². The second kappa shape index (κ2) is 7.81. The van der Waals surface area contributed by atoms with Gasteiger partial charge in [0, 0.05) is 22.2 Å². The predicted molar refractivity (Wildman–Crippen MR) is 93.8 cm³/mol. The molecule has 2 rings (SSSR count). The van der Waals surface area contributed by atoms with E-state index in [1.165, 1.54) is 37.5 Å². The smallest absolute Gasteiger partial charge is 0.273 e. The van der Waals surface area contributed by atoms with E-state index in [0.717, 1.165) is 0 Å². The highest BCUT2D eigenvalue weighted by Crippen LogP contribution is 2.29. The summed E-state index contributed by atoms with van der Waals surface area (Å²) in [6.07, 6.45) is 2.82. The summed E-state index contributed by atoms with van der Waals surface area (Å²) in [5.41, 5.74) is 0.820. The van der Waals surface area contributed by atoms with Gasteiger partial charge in [-0.15, -0.1) is 0 Å². The zero-order chi connectivity index (χ0) is 17.7. The zero-order valence-corrected chi connectivity index (χ0v) is 14.0. The summed E-state index contributed by atoms with van der Waals surface area (Å²) in [7, 11) is 1.36. The van der Waals surface area contributed by atoms with E-state index in [2.05, 4.69) is 5.32 Å². The molecular weight excluding hydrogens is 355 g/mol. The molecule has 1 amide bonds. The molecule has 6 nitrogen and oxygen atoms in total. The van der Waals surface area contributed by atoms with Crippen molar-refractivity contribution >= 4 is 46.6 Å². The van der Waals surface area contributed by atoms with Gasteiger partial charge in [-0.25, -0.2) is 0 Å². The van der Waals surface area contributed by atoms with Crippen LogP contribution in [0.2, 0.25) is 10.0 Å². The average Bonchev–Trinajstić information content (AvgIpc) is 2.54. The minimum absolute atomic E-state index is 0.131. The number of carbonyl (C=O) groups excluding carboxylic acids is 1. The van der Waals surface area contributed by atoms with Crippen LogP contribution in [0.15, 0.2) is 42.5 Å². The van der Waals surface area contributed by atoms with Crippen molar-refractivity contribution in [2.24, 2.45) is 0 Å². The first-order chi connectivity index (χ1) is 11.4. The lowest BCUT2D eigenvalue weighted by atomic mass is 10.2. The SMILES string of the molecule is COc1cc([N+](=O)[O-])ccc1NC(=O)C=Cc1ccc(Cl)cc1Cl. The van der Waals surface area contributed by atoms with E-state index in [1.54, 1.807) is 18.2 Å². The first-order valence-electron chi connectivity index (χ1n) is 6.67. The van der Waals surface area contributed by atoms with Gasteiger partial charge >= 0.3 is 0 Å². The number of ether oxygens (including phenoxy) is 1. The number of nitrogens with one attached hydrogen (secondary N) is 1. The maximum absolute atomic E-state index is 12.0. The third kappa shape index (κ3) is 4.47. The van der Waals surface area contributed by atoms with Crippen molar-refractivity contribution in [2.45, 2.75) is 0 Å². The van der Waals surface area contributed by atoms with Gasteiger partial charge in [0.15, 0.2) is 0 Å². The highest BCUT2D eigenvalue weighted by molar-refractivity contribution is 6.35. The van der Waals surface area contributed by atoms with E-state index >= 15 is 0 Å². The molecule has 1 N–H and O–H groups in total. The van der Waals surface area contributed by atoms with Crippen LogP contribution in [0.1, 0.15) is 5.56 Å². The van der Waals surface area contributed by atoms with Crippen molar-refractivity contribution in [2.75, 3.05) is 12.4 Å². The van der Waals surface area contributed by atoms with Crippen LogP contribution in [0.3, 0.4) is 0 Å². The molecule has 0 heterocycles. The summed E-state index contributed by atoms with van der Waals surface area (Å²) in [6.45, 7) is 0. The van der Waals surface area contributed by atoms with E-state index in [0.29, 0.717) is 21.3 Å². The number of methoxy groups -OCH3 is 1. The number of non-ortho nitro benzene ring substituents is 1. The van der Waals surface area contributed by atoms with Crippen LogP contribution in [-0.2, 0) is 4.79 Å². The third-order valence-electron chi connectivity index (χ3n) is 3.03. The van der Waals surface area contributed by atoms with E-state index in [9.17, 15) is 14.9 Å². The normalized spacial score (nSPS) is 10.6. The van der Waals surface area contributed by atoms with Crippen molar-refractivity contribution in [1.29, 1.82) is 0 Å². The molecular formula is C16H12Cl2N2O4. The predicted octanol–water partition coefficient (Wildman–Crippen LogP) is 4.56. The largest absolute Gasteiger partial charge is 0.494 e. The van der Waals surface area contributed by atoms with Crippen molar-refractivity contribution in [1.82, 2.24) is 0 Å². The van der Waals surface area contributed by atoms with Crippen LogP contribution in [0.5, 0.6) is 5.75 Å². The minimum Gasteiger partial charge on any atom is -0.494 e. The molecule has 0 saturated heterocycles. The lowest BCUT2D eigenvalue weighted by Gasteiger charge is -2.08. The van der Waals surface area contributed by atoms with Gasteiger partial charge in [-0.2, -0.15) is 0 Å². The van der Waals surface area contributed by atoms with Gasteiger partial charge in [-0.3, -0.25) is 14.9 Å². The topological polar surface area (TPSA) is 81.5 Å². The van der Waals surface area contributed by atoms with Crippen LogP contribution >= 0.6 is 23.2 Å². The number of amides is 1. The van der Waals surface area contributed by atoms with Crippen LogP contribution in [0, 0.1) is 10.1 Å². The fraction of sp³-hybridized carbons (Fsp3) is 0.0625.